The van der Waals surface area contributed by atoms with Gasteiger partial charge in [-0.2, -0.15) is 0 Å². The second-order valence-corrected chi connectivity index (χ2v) is 5.52. The summed E-state index contributed by atoms with van der Waals surface area (Å²) in [7, 11) is 0. The zero-order valence-electron chi connectivity index (χ0n) is 8.27. The molecule has 1 fully saturated rings. The van der Waals surface area contributed by atoms with E-state index in [2.05, 4.69) is 29.8 Å². The summed E-state index contributed by atoms with van der Waals surface area (Å²) in [5, 5.41) is 0. The molecule has 1 aliphatic carbocycles. The smallest absolute Gasteiger partial charge is 0.137 e. The lowest BCUT2D eigenvalue weighted by molar-refractivity contribution is 0.506. The Balaban J connectivity index is 2.40. The van der Waals surface area contributed by atoms with Gasteiger partial charge in [-0.3, -0.25) is 0 Å². The molecule has 0 aliphatic heterocycles. The first-order valence-electron chi connectivity index (χ1n) is 4.61. The number of hydrogen-bond donors (Lipinski definition) is 1. The van der Waals surface area contributed by atoms with Crippen molar-refractivity contribution in [3.8, 4) is 0 Å². The normalized spacial score (nSPS) is 28.9. The minimum Gasteiger partial charge on any atom is -0.321 e. The lowest BCUT2D eigenvalue weighted by atomic mass is 9.97. The zero-order chi connectivity index (χ0) is 10.6. The second kappa shape index (κ2) is 2.80. The molecule has 1 nitrogen and oxygen atoms in total. The van der Waals surface area contributed by atoms with Crippen LogP contribution in [0.2, 0.25) is 0 Å². The standard InChI is InChI=1S/C11H13BrFN/c1-10(2)6-11(10,14)7-3-4-8(12)9(13)5-7/h3-5H,6,14H2,1-2H3. The van der Waals surface area contributed by atoms with Crippen molar-refractivity contribution in [3.63, 3.8) is 0 Å². The Hall–Kier alpha value is -0.410. The average molecular weight is 258 g/mol. The van der Waals surface area contributed by atoms with Crippen LogP contribution in [0.5, 0.6) is 0 Å². The number of hydrogen-bond acceptors (Lipinski definition) is 1. The summed E-state index contributed by atoms with van der Waals surface area (Å²) in [4.78, 5) is 0. The summed E-state index contributed by atoms with van der Waals surface area (Å²) in [6.45, 7) is 4.21. The van der Waals surface area contributed by atoms with Gasteiger partial charge in [-0.1, -0.05) is 19.9 Å². The lowest BCUT2D eigenvalue weighted by Crippen LogP contribution is -2.25. The van der Waals surface area contributed by atoms with Crippen molar-refractivity contribution in [2.24, 2.45) is 11.1 Å². The van der Waals surface area contributed by atoms with E-state index in [0.29, 0.717) is 4.47 Å². The maximum absolute atomic E-state index is 13.3. The third kappa shape index (κ3) is 1.30. The van der Waals surface area contributed by atoms with Crippen LogP contribution in [0.25, 0.3) is 0 Å². The highest BCUT2D eigenvalue weighted by Crippen LogP contribution is 2.60. The maximum atomic E-state index is 13.3. The molecule has 2 N–H and O–H groups in total. The fourth-order valence-electron chi connectivity index (χ4n) is 1.92. The molecule has 1 atom stereocenters. The molecule has 0 heterocycles. The van der Waals surface area contributed by atoms with Crippen LogP contribution in [0, 0.1) is 11.2 Å². The van der Waals surface area contributed by atoms with E-state index in [1.165, 1.54) is 6.07 Å². The van der Waals surface area contributed by atoms with Crippen molar-refractivity contribution in [2.75, 3.05) is 0 Å². The Bertz CT molecular complexity index is 389. The minimum atomic E-state index is -0.339. The maximum Gasteiger partial charge on any atom is 0.137 e. The SMILES string of the molecule is CC1(C)CC1(N)c1ccc(Br)c(F)c1. The first-order valence-corrected chi connectivity index (χ1v) is 5.40. The predicted octanol–water partition coefficient (Wildman–Crippen LogP) is 3.17. The van der Waals surface area contributed by atoms with Crippen molar-refractivity contribution in [3.05, 3.63) is 34.1 Å². The largest absolute Gasteiger partial charge is 0.321 e. The van der Waals surface area contributed by atoms with Gasteiger partial charge in [0.05, 0.1) is 4.47 Å². The van der Waals surface area contributed by atoms with Gasteiger partial charge in [-0.25, -0.2) is 4.39 Å². The zero-order valence-corrected chi connectivity index (χ0v) is 9.86. The molecule has 1 aliphatic rings. The highest BCUT2D eigenvalue weighted by Gasteiger charge is 2.59. The van der Waals surface area contributed by atoms with Gasteiger partial charge in [-0.05, 0) is 45.5 Å². The molecule has 0 bridgehead atoms. The number of rotatable bonds is 1. The third-order valence-electron chi connectivity index (χ3n) is 3.24. The number of nitrogens with two attached hydrogens (primary N) is 1. The van der Waals surface area contributed by atoms with Gasteiger partial charge in [0.25, 0.3) is 0 Å². The van der Waals surface area contributed by atoms with Crippen LogP contribution in [-0.4, -0.2) is 0 Å². The van der Waals surface area contributed by atoms with Gasteiger partial charge in [0.1, 0.15) is 5.82 Å². The first kappa shape index (κ1) is 10.1. The summed E-state index contributed by atoms with van der Waals surface area (Å²) in [6, 6.07) is 5.13. The van der Waals surface area contributed by atoms with Crippen molar-refractivity contribution in [1.29, 1.82) is 0 Å². The summed E-state index contributed by atoms with van der Waals surface area (Å²) in [5.74, 6) is -0.241. The highest BCUT2D eigenvalue weighted by atomic mass is 79.9. The molecule has 0 aromatic heterocycles. The van der Waals surface area contributed by atoms with E-state index >= 15 is 0 Å². The van der Waals surface area contributed by atoms with Crippen LogP contribution in [0.4, 0.5) is 4.39 Å². The van der Waals surface area contributed by atoms with Gasteiger partial charge >= 0.3 is 0 Å². The molecule has 3 heteroatoms. The summed E-state index contributed by atoms with van der Waals surface area (Å²) in [5.41, 5.74) is 6.83. The molecule has 14 heavy (non-hydrogen) atoms. The van der Waals surface area contributed by atoms with Gasteiger partial charge in [0.15, 0.2) is 0 Å². The van der Waals surface area contributed by atoms with E-state index in [4.69, 9.17) is 5.73 Å². The molecule has 1 aromatic rings. The van der Waals surface area contributed by atoms with E-state index in [9.17, 15) is 4.39 Å². The monoisotopic (exact) mass is 257 g/mol. The average Bonchev–Trinajstić information content (AvgIpc) is 2.58. The summed E-state index contributed by atoms with van der Waals surface area (Å²) in [6.07, 6.45) is 0.918. The summed E-state index contributed by atoms with van der Waals surface area (Å²) < 4.78 is 13.8. The Morgan fingerprint density at radius 2 is 2.00 bits per heavy atom. The van der Waals surface area contributed by atoms with Gasteiger partial charge in [-0.15, -0.1) is 0 Å². The first-order chi connectivity index (χ1) is 6.37. The highest BCUT2D eigenvalue weighted by molar-refractivity contribution is 9.10. The van der Waals surface area contributed by atoms with Crippen LogP contribution in [0.3, 0.4) is 0 Å². The Labute approximate surface area is 91.6 Å². The second-order valence-electron chi connectivity index (χ2n) is 4.66. The fraction of sp³-hybridized carbons (Fsp3) is 0.455. The van der Waals surface area contributed by atoms with Gasteiger partial charge in [0, 0.05) is 5.54 Å². The predicted molar refractivity (Wildman–Crippen MR) is 58.4 cm³/mol. The topological polar surface area (TPSA) is 26.0 Å². The molecular weight excluding hydrogens is 245 g/mol. The fourth-order valence-corrected chi connectivity index (χ4v) is 2.17. The molecule has 0 spiro atoms. The molecule has 1 saturated carbocycles. The van der Waals surface area contributed by atoms with Crippen LogP contribution in [-0.2, 0) is 5.54 Å². The third-order valence-corrected chi connectivity index (χ3v) is 3.88. The molecule has 0 amide bonds. The van der Waals surface area contributed by atoms with Crippen LogP contribution in [0.1, 0.15) is 25.8 Å². The summed E-state index contributed by atoms with van der Waals surface area (Å²) >= 11 is 3.13. The molecule has 1 aromatic carbocycles. The Morgan fingerprint density at radius 3 is 2.43 bits per heavy atom. The van der Waals surface area contributed by atoms with Crippen LogP contribution < -0.4 is 5.73 Å². The van der Waals surface area contributed by atoms with Crippen LogP contribution in [0.15, 0.2) is 22.7 Å². The van der Waals surface area contributed by atoms with E-state index in [1.807, 2.05) is 6.07 Å². The molecule has 0 radical (unpaired) electrons. The van der Waals surface area contributed by atoms with Gasteiger partial charge in [0.2, 0.25) is 0 Å². The quantitative estimate of drug-likeness (QED) is 0.822. The van der Waals surface area contributed by atoms with Gasteiger partial charge < -0.3 is 5.73 Å². The van der Waals surface area contributed by atoms with E-state index in [1.54, 1.807) is 6.07 Å². The van der Waals surface area contributed by atoms with E-state index in [-0.39, 0.29) is 16.8 Å². The van der Waals surface area contributed by atoms with Crippen LogP contribution >= 0.6 is 15.9 Å². The molecule has 76 valence electrons. The van der Waals surface area contributed by atoms with Crippen molar-refractivity contribution >= 4 is 15.9 Å². The molecule has 1 unspecified atom stereocenters. The molecular formula is C11H13BrFN. The van der Waals surface area contributed by atoms with Crippen molar-refractivity contribution in [1.82, 2.24) is 0 Å². The Morgan fingerprint density at radius 1 is 1.43 bits per heavy atom. The molecule has 2 rings (SSSR count). The van der Waals surface area contributed by atoms with E-state index < -0.39 is 0 Å². The van der Waals surface area contributed by atoms with E-state index in [0.717, 1.165) is 12.0 Å². The Kier molecular flexibility index (Phi) is 2.02. The molecule has 0 saturated heterocycles. The van der Waals surface area contributed by atoms with Crippen molar-refractivity contribution in [2.45, 2.75) is 25.8 Å². The number of halogens is 2. The minimum absolute atomic E-state index is 0.0905. The van der Waals surface area contributed by atoms with Crippen molar-refractivity contribution < 1.29 is 4.39 Å². The number of benzene rings is 1. The lowest BCUT2D eigenvalue weighted by Gasteiger charge is -2.15.